The predicted molar refractivity (Wildman–Crippen MR) is 81.1 cm³/mol. The minimum atomic E-state index is -0.520. The third-order valence-corrected chi connectivity index (χ3v) is 3.67. The summed E-state index contributed by atoms with van der Waals surface area (Å²) in [6, 6.07) is 8.88. The Labute approximate surface area is 133 Å². The van der Waals surface area contributed by atoms with Gasteiger partial charge in [0.05, 0.1) is 9.40 Å². The van der Waals surface area contributed by atoms with E-state index in [1.807, 2.05) is 0 Å². The van der Waals surface area contributed by atoms with Crippen LogP contribution in [0, 0.1) is 15.9 Å². The number of nitrogens with zero attached hydrogens (tertiary/aromatic N) is 1. The first-order valence-electron chi connectivity index (χ1n) is 5.91. The summed E-state index contributed by atoms with van der Waals surface area (Å²) >= 11 is 8.79. The smallest absolute Gasteiger partial charge is 0.310 e. The highest BCUT2D eigenvalue weighted by atomic mass is 79.9. The molecule has 0 saturated heterocycles. The molecule has 4 nitrogen and oxygen atoms in total. The highest BCUT2D eigenvalue weighted by Crippen LogP contribution is 2.29. The molecule has 0 saturated carbocycles. The molecule has 0 unspecified atom stereocenters. The maximum absolute atomic E-state index is 13.1. The molecular formula is C14H10BrClFNO3. The minimum absolute atomic E-state index is 0.0887. The van der Waals surface area contributed by atoms with Gasteiger partial charge in [0, 0.05) is 11.9 Å². The van der Waals surface area contributed by atoms with Gasteiger partial charge in [0.2, 0.25) is 0 Å². The number of hydrogen-bond acceptors (Lipinski definition) is 3. The number of halogens is 3. The Morgan fingerprint density at radius 2 is 1.95 bits per heavy atom. The molecule has 2 aromatic rings. The first-order chi connectivity index (χ1) is 10.0. The first-order valence-corrected chi connectivity index (χ1v) is 7.24. The Bertz CT molecular complexity index is 681. The topological polar surface area (TPSA) is 52.4 Å². The van der Waals surface area contributed by atoms with Crippen LogP contribution in [-0.4, -0.2) is 4.92 Å². The van der Waals surface area contributed by atoms with Crippen LogP contribution in [0.5, 0.6) is 5.75 Å². The van der Waals surface area contributed by atoms with E-state index >= 15 is 0 Å². The van der Waals surface area contributed by atoms with Crippen molar-refractivity contribution in [3.8, 4) is 5.75 Å². The normalized spacial score (nSPS) is 10.4. The van der Waals surface area contributed by atoms with Crippen molar-refractivity contribution in [3.63, 3.8) is 0 Å². The molecule has 0 fully saturated rings. The molecule has 0 atom stereocenters. The largest absolute Gasteiger partial charge is 0.482 e. The van der Waals surface area contributed by atoms with E-state index in [9.17, 15) is 14.5 Å². The molecule has 0 aliphatic carbocycles. The quantitative estimate of drug-likeness (QED) is 0.428. The van der Waals surface area contributed by atoms with Gasteiger partial charge in [0.1, 0.15) is 12.4 Å². The molecule has 0 heterocycles. The van der Waals surface area contributed by atoms with Crippen molar-refractivity contribution in [2.75, 3.05) is 0 Å². The van der Waals surface area contributed by atoms with E-state index in [4.69, 9.17) is 16.3 Å². The van der Waals surface area contributed by atoms with Crippen LogP contribution in [0.25, 0.3) is 0 Å². The fourth-order valence-corrected chi connectivity index (χ4v) is 2.29. The third-order valence-electron chi connectivity index (χ3n) is 2.75. The maximum atomic E-state index is 13.1. The summed E-state index contributed by atoms with van der Waals surface area (Å²) in [5.74, 6) is -0.0105. The second-order valence-corrected chi connectivity index (χ2v) is 5.35. The highest BCUT2D eigenvalue weighted by molar-refractivity contribution is 9.10. The van der Waals surface area contributed by atoms with Crippen LogP contribution in [0.3, 0.4) is 0 Å². The Morgan fingerprint density at radius 1 is 1.24 bits per heavy atom. The van der Waals surface area contributed by atoms with E-state index in [1.54, 1.807) is 18.2 Å². The van der Waals surface area contributed by atoms with E-state index < -0.39 is 4.92 Å². The van der Waals surface area contributed by atoms with Crippen LogP contribution < -0.4 is 4.74 Å². The zero-order chi connectivity index (χ0) is 15.4. The van der Waals surface area contributed by atoms with Gasteiger partial charge in [-0.05, 0) is 45.3 Å². The van der Waals surface area contributed by atoms with Crippen molar-refractivity contribution in [2.24, 2.45) is 0 Å². The average molecular weight is 375 g/mol. The Morgan fingerprint density at radius 3 is 2.57 bits per heavy atom. The molecule has 0 aliphatic heterocycles. The van der Waals surface area contributed by atoms with Gasteiger partial charge in [0.25, 0.3) is 0 Å². The monoisotopic (exact) mass is 373 g/mol. The summed E-state index contributed by atoms with van der Waals surface area (Å²) < 4.78 is 18.9. The maximum Gasteiger partial charge on any atom is 0.310 e. The second kappa shape index (κ2) is 6.87. The number of nitro benzene ring substituents is 1. The van der Waals surface area contributed by atoms with Crippen LogP contribution in [0.1, 0.15) is 11.1 Å². The van der Waals surface area contributed by atoms with Gasteiger partial charge in [-0.2, -0.15) is 0 Å². The molecule has 0 aliphatic rings. The third kappa shape index (κ3) is 3.92. The van der Waals surface area contributed by atoms with Crippen molar-refractivity contribution in [1.82, 2.24) is 0 Å². The Hall–Kier alpha value is -1.66. The molecule has 0 aromatic heterocycles. The molecule has 0 bridgehead atoms. The molecule has 0 radical (unpaired) electrons. The summed E-state index contributed by atoms with van der Waals surface area (Å²) in [6.07, 6.45) is 0. The lowest BCUT2D eigenvalue weighted by molar-refractivity contribution is -0.386. The molecule has 2 rings (SSSR count). The van der Waals surface area contributed by atoms with Crippen molar-refractivity contribution >= 4 is 33.2 Å². The number of rotatable bonds is 5. The van der Waals surface area contributed by atoms with E-state index in [2.05, 4.69) is 15.9 Å². The molecule has 0 spiro atoms. The summed E-state index contributed by atoms with van der Waals surface area (Å²) in [5, 5.41) is 11.0. The van der Waals surface area contributed by atoms with E-state index in [1.165, 1.54) is 18.2 Å². The van der Waals surface area contributed by atoms with Crippen LogP contribution in [-0.2, 0) is 12.5 Å². The zero-order valence-electron chi connectivity index (χ0n) is 10.7. The number of hydrogen-bond donors (Lipinski definition) is 0. The van der Waals surface area contributed by atoms with Crippen LogP contribution in [0.4, 0.5) is 10.1 Å². The number of nitro groups is 1. The minimum Gasteiger partial charge on any atom is -0.482 e. The van der Waals surface area contributed by atoms with Crippen LogP contribution in [0.2, 0.25) is 0 Å². The Balaban J connectivity index is 2.21. The lowest BCUT2D eigenvalue weighted by Crippen LogP contribution is -2.00. The standard InChI is InChI=1S/C14H10BrClFNO3/c15-11-5-10(1-3-12(11)17)8-21-14-6-9(7-16)2-4-13(14)18(19)20/h1-6H,7-8H2. The summed E-state index contributed by atoms with van der Waals surface area (Å²) in [7, 11) is 0. The van der Waals surface area contributed by atoms with Crippen LogP contribution in [0.15, 0.2) is 40.9 Å². The fraction of sp³-hybridized carbons (Fsp3) is 0.143. The highest BCUT2D eigenvalue weighted by Gasteiger charge is 2.15. The lowest BCUT2D eigenvalue weighted by Gasteiger charge is -2.08. The molecule has 110 valence electrons. The number of alkyl halides is 1. The van der Waals surface area contributed by atoms with Gasteiger partial charge in [-0.3, -0.25) is 10.1 Å². The van der Waals surface area contributed by atoms with Gasteiger partial charge in [-0.25, -0.2) is 4.39 Å². The molecule has 7 heteroatoms. The lowest BCUT2D eigenvalue weighted by atomic mass is 10.2. The van der Waals surface area contributed by atoms with Gasteiger partial charge < -0.3 is 4.74 Å². The molecule has 0 N–H and O–H groups in total. The van der Waals surface area contributed by atoms with Crippen molar-refractivity contribution in [3.05, 3.63) is 67.9 Å². The van der Waals surface area contributed by atoms with Gasteiger partial charge in [0.15, 0.2) is 5.75 Å². The fourth-order valence-electron chi connectivity index (χ4n) is 1.70. The molecule has 2 aromatic carbocycles. The zero-order valence-corrected chi connectivity index (χ0v) is 13.0. The van der Waals surface area contributed by atoms with Gasteiger partial charge in [-0.1, -0.05) is 12.1 Å². The average Bonchev–Trinajstić information content (AvgIpc) is 2.48. The summed E-state index contributed by atoms with van der Waals surface area (Å²) in [4.78, 5) is 10.4. The van der Waals surface area contributed by atoms with Crippen molar-refractivity contribution < 1.29 is 14.1 Å². The van der Waals surface area contributed by atoms with Gasteiger partial charge in [-0.15, -0.1) is 11.6 Å². The van der Waals surface area contributed by atoms with Gasteiger partial charge >= 0.3 is 5.69 Å². The van der Waals surface area contributed by atoms with E-state index in [0.29, 0.717) is 10.0 Å². The van der Waals surface area contributed by atoms with E-state index in [0.717, 1.165) is 5.56 Å². The summed E-state index contributed by atoms with van der Waals surface area (Å²) in [6.45, 7) is 0.0887. The molecular weight excluding hydrogens is 365 g/mol. The van der Waals surface area contributed by atoms with Crippen molar-refractivity contribution in [1.29, 1.82) is 0 Å². The number of benzene rings is 2. The Kier molecular flexibility index (Phi) is 5.14. The molecule has 21 heavy (non-hydrogen) atoms. The predicted octanol–water partition coefficient (Wildman–Crippen LogP) is 4.81. The number of ether oxygens (including phenoxy) is 1. The van der Waals surface area contributed by atoms with Crippen molar-refractivity contribution in [2.45, 2.75) is 12.5 Å². The van der Waals surface area contributed by atoms with Crippen LogP contribution >= 0.6 is 27.5 Å². The SMILES string of the molecule is O=[N+]([O-])c1ccc(CCl)cc1OCc1ccc(F)c(Br)c1. The molecule has 0 amide bonds. The van der Waals surface area contributed by atoms with E-state index in [-0.39, 0.29) is 29.7 Å². The summed E-state index contributed by atoms with van der Waals surface area (Å²) in [5.41, 5.74) is 1.27. The first kappa shape index (κ1) is 15.7. The second-order valence-electron chi connectivity index (χ2n) is 4.23.